The molecule has 88 valence electrons. The summed E-state index contributed by atoms with van der Waals surface area (Å²) in [6, 6.07) is 2.04. The maximum absolute atomic E-state index is 13.4. The lowest BCUT2D eigenvalue weighted by molar-refractivity contribution is -0.137. The molecule has 0 saturated heterocycles. The Balaban J connectivity index is 2.29. The summed E-state index contributed by atoms with van der Waals surface area (Å²) in [4.78, 5) is 0. The number of nitrogens with two attached hydrogens (primary N) is 1. The van der Waals surface area contributed by atoms with E-state index in [4.69, 9.17) is 5.73 Å². The van der Waals surface area contributed by atoms with E-state index >= 15 is 0 Å². The average molecular weight is 233 g/mol. The minimum Gasteiger partial charge on any atom is -0.324 e. The molecule has 0 unspecified atom stereocenters. The molecule has 1 aromatic rings. The van der Waals surface area contributed by atoms with E-state index in [1.807, 2.05) is 0 Å². The molecule has 1 atom stereocenters. The molecule has 2 rings (SSSR count). The Labute approximate surface area is 90.3 Å². The van der Waals surface area contributed by atoms with Gasteiger partial charge in [-0.05, 0) is 30.9 Å². The molecule has 1 nitrogen and oxygen atoms in total. The molecule has 0 amide bonds. The van der Waals surface area contributed by atoms with E-state index in [0.717, 1.165) is 25.0 Å². The minimum atomic E-state index is -4.51. The van der Waals surface area contributed by atoms with Crippen LogP contribution in [0.1, 0.15) is 30.0 Å². The van der Waals surface area contributed by atoms with Crippen LogP contribution in [0.15, 0.2) is 18.2 Å². The lowest BCUT2D eigenvalue weighted by Crippen LogP contribution is -2.15. The summed E-state index contributed by atoms with van der Waals surface area (Å²) in [6.45, 7) is 0. The number of hydrogen-bond donors (Lipinski definition) is 1. The van der Waals surface area contributed by atoms with Crippen molar-refractivity contribution in [2.24, 2.45) is 11.7 Å². The highest BCUT2D eigenvalue weighted by Gasteiger charge is 2.34. The van der Waals surface area contributed by atoms with Crippen LogP contribution in [0.2, 0.25) is 0 Å². The van der Waals surface area contributed by atoms with Crippen molar-refractivity contribution >= 4 is 0 Å². The van der Waals surface area contributed by atoms with Crippen LogP contribution >= 0.6 is 0 Å². The monoisotopic (exact) mass is 233 g/mol. The molecule has 2 N–H and O–H groups in total. The van der Waals surface area contributed by atoms with E-state index in [9.17, 15) is 17.6 Å². The standard InChI is InChI=1S/C11H11F4N/c12-9-5-7(11(13,14)15)3-4-8(9)10(16)6-1-2-6/h3-6,10H,1-2,16H2/t10-/m0/s1. The van der Waals surface area contributed by atoms with Gasteiger partial charge < -0.3 is 5.73 Å². The third-order valence-electron chi connectivity index (χ3n) is 2.82. The van der Waals surface area contributed by atoms with Crippen molar-refractivity contribution in [3.63, 3.8) is 0 Å². The number of halogens is 4. The molecular formula is C11H11F4N. The van der Waals surface area contributed by atoms with Crippen molar-refractivity contribution in [2.75, 3.05) is 0 Å². The minimum absolute atomic E-state index is 0.176. The van der Waals surface area contributed by atoms with Crippen LogP contribution in [-0.2, 0) is 6.18 Å². The Morgan fingerprint density at radius 2 is 1.88 bits per heavy atom. The maximum atomic E-state index is 13.4. The van der Waals surface area contributed by atoms with Crippen LogP contribution < -0.4 is 5.73 Å². The van der Waals surface area contributed by atoms with Gasteiger partial charge in [-0.25, -0.2) is 4.39 Å². The number of hydrogen-bond acceptors (Lipinski definition) is 1. The van der Waals surface area contributed by atoms with Gasteiger partial charge in [-0.15, -0.1) is 0 Å². The number of benzene rings is 1. The second-order valence-electron chi connectivity index (χ2n) is 4.10. The Bertz CT molecular complexity index is 395. The van der Waals surface area contributed by atoms with Crippen LogP contribution in [0, 0.1) is 11.7 Å². The highest BCUT2D eigenvalue weighted by atomic mass is 19.4. The second kappa shape index (κ2) is 3.73. The van der Waals surface area contributed by atoms with Gasteiger partial charge in [0.25, 0.3) is 0 Å². The van der Waals surface area contributed by atoms with Gasteiger partial charge in [0.15, 0.2) is 0 Å². The van der Waals surface area contributed by atoms with E-state index in [1.54, 1.807) is 0 Å². The molecule has 0 heterocycles. The van der Waals surface area contributed by atoms with Gasteiger partial charge in [0, 0.05) is 11.6 Å². The number of rotatable bonds is 2. The Morgan fingerprint density at radius 1 is 1.25 bits per heavy atom. The van der Waals surface area contributed by atoms with E-state index in [-0.39, 0.29) is 11.5 Å². The molecule has 0 aliphatic heterocycles. The van der Waals surface area contributed by atoms with Crippen LogP contribution in [0.3, 0.4) is 0 Å². The zero-order valence-electron chi connectivity index (χ0n) is 8.39. The third-order valence-corrected chi connectivity index (χ3v) is 2.82. The predicted molar refractivity (Wildman–Crippen MR) is 51.1 cm³/mol. The smallest absolute Gasteiger partial charge is 0.324 e. The summed E-state index contributed by atoms with van der Waals surface area (Å²) in [5.74, 6) is -0.652. The molecule has 1 fully saturated rings. The lowest BCUT2D eigenvalue weighted by Gasteiger charge is -2.13. The molecule has 0 aromatic heterocycles. The fourth-order valence-corrected chi connectivity index (χ4v) is 1.68. The van der Waals surface area contributed by atoms with Crippen molar-refractivity contribution in [3.05, 3.63) is 35.1 Å². The van der Waals surface area contributed by atoms with E-state index in [0.29, 0.717) is 6.07 Å². The first kappa shape index (κ1) is 11.4. The molecule has 0 bridgehead atoms. The van der Waals surface area contributed by atoms with Gasteiger partial charge in [-0.2, -0.15) is 13.2 Å². The van der Waals surface area contributed by atoms with Gasteiger partial charge in [0.05, 0.1) is 5.56 Å². The molecule has 5 heteroatoms. The van der Waals surface area contributed by atoms with Crippen molar-refractivity contribution in [2.45, 2.75) is 25.1 Å². The van der Waals surface area contributed by atoms with Crippen molar-refractivity contribution in [1.29, 1.82) is 0 Å². The van der Waals surface area contributed by atoms with Crippen molar-refractivity contribution in [1.82, 2.24) is 0 Å². The zero-order chi connectivity index (χ0) is 11.9. The van der Waals surface area contributed by atoms with E-state index < -0.39 is 23.6 Å². The molecule has 1 aliphatic rings. The van der Waals surface area contributed by atoms with Gasteiger partial charge >= 0.3 is 6.18 Å². The summed E-state index contributed by atoms with van der Waals surface area (Å²) in [5.41, 5.74) is 4.94. The fourth-order valence-electron chi connectivity index (χ4n) is 1.68. The molecular weight excluding hydrogens is 222 g/mol. The Hall–Kier alpha value is -1.10. The first-order chi connectivity index (χ1) is 7.39. The quantitative estimate of drug-likeness (QED) is 0.779. The number of alkyl halides is 3. The third kappa shape index (κ3) is 2.19. The van der Waals surface area contributed by atoms with Gasteiger partial charge in [0.2, 0.25) is 0 Å². The summed E-state index contributed by atoms with van der Waals surface area (Å²) < 4.78 is 50.3. The first-order valence-corrected chi connectivity index (χ1v) is 5.02. The summed E-state index contributed by atoms with van der Waals surface area (Å²) in [7, 11) is 0. The Morgan fingerprint density at radius 3 is 2.31 bits per heavy atom. The van der Waals surface area contributed by atoms with Gasteiger partial charge in [-0.3, -0.25) is 0 Å². The second-order valence-corrected chi connectivity index (χ2v) is 4.10. The lowest BCUT2D eigenvalue weighted by atomic mass is 10.0. The fraction of sp³-hybridized carbons (Fsp3) is 0.455. The van der Waals surface area contributed by atoms with Crippen LogP contribution in [0.25, 0.3) is 0 Å². The topological polar surface area (TPSA) is 26.0 Å². The molecule has 1 aromatic carbocycles. The molecule has 0 spiro atoms. The average Bonchev–Trinajstić information content (AvgIpc) is 2.98. The largest absolute Gasteiger partial charge is 0.416 e. The van der Waals surface area contributed by atoms with Crippen LogP contribution in [0.5, 0.6) is 0 Å². The summed E-state index contributed by atoms with van der Waals surface area (Å²) in [5, 5.41) is 0. The molecule has 1 aliphatic carbocycles. The van der Waals surface area contributed by atoms with Gasteiger partial charge in [0.1, 0.15) is 5.82 Å². The molecule has 0 radical (unpaired) electrons. The predicted octanol–water partition coefficient (Wildman–Crippen LogP) is 3.25. The van der Waals surface area contributed by atoms with Crippen molar-refractivity contribution < 1.29 is 17.6 Å². The van der Waals surface area contributed by atoms with Gasteiger partial charge in [-0.1, -0.05) is 6.07 Å². The maximum Gasteiger partial charge on any atom is 0.416 e. The zero-order valence-corrected chi connectivity index (χ0v) is 8.39. The summed E-state index contributed by atoms with van der Waals surface area (Å²) in [6.07, 6.45) is -2.67. The van der Waals surface area contributed by atoms with E-state index in [1.165, 1.54) is 0 Å². The molecule has 16 heavy (non-hydrogen) atoms. The van der Waals surface area contributed by atoms with Crippen molar-refractivity contribution in [3.8, 4) is 0 Å². The van der Waals surface area contributed by atoms with E-state index in [2.05, 4.69) is 0 Å². The highest BCUT2D eigenvalue weighted by Crippen LogP contribution is 2.41. The summed E-state index contributed by atoms with van der Waals surface area (Å²) >= 11 is 0. The Kier molecular flexibility index (Phi) is 2.66. The highest BCUT2D eigenvalue weighted by molar-refractivity contribution is 5.29. The van der Waals surface area contributed by atoms with Crippen LogP contribution in [-0.4, -0.2) is 0 Å². The first-order valence-electron chi connectivity index (χ1n) is 5.02. The van der Waals surface area contributed by atoms with Crippen LogP contribution in [0.4, 0.5) is 17.6 Å². The normalized spacial score (nSPS) is 18.6. The molecule has 1 saturated carbocycles. The SMILES string of the molecule is N[C@H](c1ccc(C(F)(F)F)cc1F)C1CC1.